The summed E-state index contributed by atoms with van der Waals surface area (Å²) in [6, 6.07) is 7.80. The summed E-state index contributed by atoms with van der Waals surface area (Å²) in [7, 11) is 0. The highest BCUT2D eigenvalue weighted by molar-refractivity contribution is 5.87. The van der Waals surface area contributed by atoms with Gasteiger partial charge in [-0.15, -0.1) is 0 Å². The maximum absolute atomic E-state index is 11.4. The minimum Gasteiger partial charge on any atom is -0.493 e. The summed E-state index contributed by atoms with van der Waals surface area (Å²) in [5, 5.41) is 2.94. The van der Waals surface area contributed by atoms with Gasteiger partial charge in [-0.1, -0.05) is 31.7 Å². The zero-order chi connectivity index (χ0) is 11.5. The SMILES string of the molecule is C=CC(=O)NC1c2ccccc2OCC1C. The molecular weight excluding hydrogens is 202 g/mol. The Morgan fingerprint density at radius 2 is 2.31 bits per heavy atom. The lowest BCUT2D eigenvalue weighted by Crippen LogP contribution is -2.36. The quantitative estimate of drug-likeness (QED) is 0.770. The Hall–Kier alpha value is -1.77. The van der Waals surface area contributed by atoms with Gasteiger partial charge in [0.25, 0.3) is 0 Å². The summed E-state index contributed by atoms with van der Waals surface area (Å²) < 4.78 is 5.60. The van der Waals surface area contributed by atoms with Crippen molar-refractivity contribution in [2.24, 2.45) is 5.92 Å². The van der Waals surface area contributed by atoms with Crippen molar-refractivity contribution in [1.29, 1.82) is 0 Å². The van der Waals surface area contributed by atoms with Crippen LogP contribution in [0.15, 0.2) is 36.9 Å². The molecule has 1 aliphatic heterocycles. The van der Waals surface area contributed by atoms with Crippen LogP contribution in [0.5, 0.6) is 5.75 Å². The molecule has 2 atom stereocenters. The van der Waals surface area contributed by atoms with E-state index in [2.05, 4.69) is 18.8 Å². The van der Waals surface area contributed by atoms with Gasteiger partial charge in [0.1, 0.15) is 5.75 Å². The number of carbonyl (C=O) groups excluding carboxylic acids is 1. The van der Waals surface area contributed by atoms with E-state index in [0.717, 1.165) is 11.3 Å². The second-order valence-electron chi connectivity index (χ2n) is 4.02. The van der Waals surface area contributed by atoms with Gasteiger partial charge < -0.3 is 10.1 Å². The molecule has 1 heterocycles. The van der Waals surface area contributed by atoms with E-state index in [-0.39, 0.29) is 17.9 Å². The topological polar surface area (TPSA) is 38.3 Å². The predicted molar refractivity (Wildman–Crippen MR) is 62.2 cm³/mol. The molecule has 0 aliphatic carbocycles. The van der Waals surface area contributed by atoms with E-state index in [1.807, 2.05) is 24.3 Å². The molecule has 0 aromatic heterocycles. The highest BCUT2D eigenvalue weighted by atomic mass is 16.5. The Balaban J connectivity index is 2.29. The third-order valence-electron chi connectivity index (χ3n) is 2.81. The maximum atomic E-state index is 11.4. The van der Waals surface area contributed by atoms with E-state index >= 15 is 0 Å². The standard InChI is InChI=1S/C13H15NO2/c1-3-12(15)14-13-9(2)8-16-11-7-5-4-6-10(11)13/h3-7,9,13H,1,8H2,2H3,(H,14,15). The smallest absolute Gasteiger partial charge is 0.243 e. The van der Waals surface area contributed by atoms with E-state index in [1.165, 1.54) is 6.08 Å². The first-order valence-corrected chi connectivity index (χ1v) is 5.37. The first-order chi connectivity index (χ1) is 7.72. The number of rotatable bonds is 2. The minimum absolute atomic E-state index is 0.00968. The van der Waals surface area contributed by atoms with Gasteiger partial charge in [-0.05, 0) is 12.1 Å². The van der Waals surface area contributed by atoms with Gasteiger partial charge in [-0.3, -0.25) is 4.79 Å². The molecule has 0 saturated carbocycles. The van der Waals surface area contributed by atoms with Gasteiger partial charge in [0.2, 0.25) is 5.91 Å². The van der Waals surface area contributed by atoms with Crippen molar-refractivity contribution < 1.29 is 9.53 Å². The summed E-state index contributed by atoms with van der Waals surface area (Å²) in [6.07, 6.45) is 1.30. The van der Waals surface area contributed by atoms with Crippen LogP contribution in [0.2, 0.25) is 0 Å². The number of ether oxygens (including phenoxy) is 1. The molecule has 0 saturated heterocycles. The minimum atomic E-state index is -0.145. The molecule has 0 radical (unpaired) electrons. The van der Waals surface area contributed by atoms with Crippen LogP contribution in [-0.4, -0.2) is 12.5 Å². The zero-order valence-corrected chi connectivity index (χ0v) is 9.27. The Morgan fingerprint density at radius 3 is 3.06 bits per heavy atom. The molecule has 0 fully saturated rings. The zero-order valence-electron chi connectivity index (χ0n) is 9.27. The fourth-order valence-electron chi connectivity index (χ4n) is 1.93. The number of fused-ring (bicyclic) bond motifs is 1. The number of benzene rings is 1. The molecule has 2 unspecified atom stereocenters. The molecule has 1 N–H and O–H groups in total. The molecule has 1 aromatic rings. The average molecular weight is 217 g/mol. The molecule has 0 bridgehead atoms. The number of nitrogens with one attached hydrogen (secondary N) is 1. The summed E-state index contributed by atoms with van der Waals surface area (Å²) in [4.78, 5) is 11.4. The van der Waals surface area contributed by atoms with Crippen LogP contribution in [0.1, 0.15) is 18.5 Å². The lowest BCUT2D eigenvalue weighted by molar-refractivity contribution is -0.117. The van der Waals surface area contributed by atoms with Crippen LogP contribution in [0.25, 0.3) is 0 Å². The van der Waals surface area contributed by atoms with Crippen molar-refractivity contribution in [3.63, 3.8) is 0 Å². The van der Waals surface area contributed by atoms with Crippen molar-refractivity contribution >= 4 is 5.91 Å². The fraction of sp³-hybridized carbons (Fsp3) is 0.308. The number of hydrogen-bond donors (Lipinski definition) is 1. The van der Waals surface area contributed by atoms with Crippen LogP contribution < -0.4 is 10.1 Å². The number of hydrogen-bond acceptors (Lipinski definition) is 2. The van der Waals surface area contributed by atoms with Crippen molar-refractivity contribution in [3.05, 3.63) is 42.5 Å². The molecular formula is C13H15NO2. The van der Waals surface area contributed by atoms with E-state index in [0.29, 0.717) is 6.61 Å². The molecule has 1 amide bonds. The Labute approximate surface area is 95.1 Å². The van der Waals surface area contributed by atoms with Crippen molar-refractivity contribution in [2.45, 2.75) is 13.0 Å². The van der Waals surface area contributed by atoms with Crippen molar-refractivity contribution in [1.82, 2.24) is 5.32 Å². The Bertz CT molecular complexity index is 414. The summed E-state index contributed by atoms with van der Waals surface area (Å²) >= 11 is 0. The van der Waals surface area contributed by atoms with Crippen LogP contribution in [0, 0.1) is 5.92 Å². The van der Waals surface area contributed by atoms with E-state index in [1.54, 1.807) is 0 Å². The molecule has 0 spiro atoms. The maximum Gasteiger partial charge on any atom is 0.243 e. The van der Waals surface area contributed by atoms with Gasteiger partial charge >= 0.3 is 0 Å². The normalized spacial score (nSPS) is 22.8. The lowest BCUT2D eigenvalue weighted by atomic mass is 9.92. The number of amides is 1. The molecule has 2 rings (SSSR count). The highest BCUT2D eigenvalue weighted by Crippen LogP contribution is 2.34. The number of para-hydroxylation sites is 1. The van der Waals surface area contributed by atoms with Crippen LogP contribution in [-0.2, 0) is 4.79 Å². The second-order valence-corrected chi connectivity index (χ2v) is 4.02. The van der Waals surface area contributed by atoms with Gasteiger partial charge in [-0.2, -0.15) is 0 Å². The van der Waals surface area contributed by atoms with Gasteiger partial charge in [0.05, 0.1) is 12.6 Å². The number of carbonyl (C=O) groups is 1. The average Bonchev–Trinajstić information content (AvgIpc) is 2.32. The van der Waals surface area contributed by atoms with Crippen molar-refractivity contribution in [3.8, 4) is 5.75 Å². The van der Waals surface area contributed by atoms with Crippen LogP contribution in [0.4, 0.5) is 0 Å². The molecule has 1 aliphatic rings. The van der Waals surface area contributed by atoms with Gasteiger partial charge in [0.15, 0.2) is 0 Å². The third-order valence-corrected chi connectivity index (χ3v) is 2.81. The van der Waals surface area contributed by atoms with Gasteiger partial charge in [-0.25, -0.2) is 0 Å². The Morgan fingerprint density at radius 1 is 1.56 bits per heavy atom. The molecule has 16 heavy (non-hydrogen) atoms. The van der Waals surface area contributed by atoms with E-state index in [9.17, 15) is 4.79 Å². The van der Waals surface area contributed by atoms with Gasteiger partial charge in [0, 0.05) is 11.5 Å². The van der Waals surface area contributed by atoms with E-state index in [4.69, 9.17) is 4.74 Å². The molecule has 84 valence electrons. The molecule has 1 aromatic carbocycles. The monoisotopic (exact) mass is 217 g/mol. The van der Waals surface area contributed by atoms with Crippen LogP contribution in [0.3, 0.4) is 0 Å². The third kappa shape index (κ3) is 1.94. The molecule has 3 heteroatoms. The summed E-state index contributed by atoms with van der Waals surface area (Å²) in [6.45, 7) is 6.15. The summed E-state index contributed by atoms with van der Waals surface area (Å²) in [5.41, 5.74) is 1.04. The fourth-order valence-corrected chi connectivity index (χ4v) is 1.93. The predicted octanol–water partition coefficient (Wildman–Crippen LogP) is 2.06. The second kappa shape index (κ2) is 4.39. The first kappa shape index (κ1) is 10.7. The largest absolute Gasteiger partial charge is 0.493 e. The highest BCUT2D eigenvalue weighted by Gasteiger charge is 2.28. The summed E-state index contributed by atoms with van der Waals surface area (Å²) in [5.74, 6) is 0.974. The molecule has 3 nitrogen and oxygen atoms in total. The lowest BCUT2D eigenvalue weighted by Gasteiger charge is -2.31. The van der Waals surface area contributed by atoms with Crippen molar-refractivity contribution in [2.75, 3.05) is 6.61 Å². The first-order valence-electron chi connectivity index (χ1n) is 5.37. The van der Waals surface area contributed by atoms with E-state index < -0.39 is 0 Å². The Kier molecular flexibility index (Phi) is 2.95. The van der Waals surface area contributed by atoms with Crippen LogP contribution >= 0.6 is 0 Å².